The van der Waals surface area contributed by atoms with Crippen molar-refractivity contribution in [1.82, 2.24) is 10.2 Å². The van der Waals surface area contributed by atoms with Gasteiger partial charge in [-0.2, -0.15) is 0 Å². The molecule has 26 heavy (non-hydrogen) atoms. The van der Waals surface area contributed by atoms with Crippen LogP contribution < -0.4 is 10.6 Å². The summed E-state index contributed by atoms with van der Waals surface area (Å²) in [6.45, 7) is 7.05. The lowest BCUT2D eigenvalue weighted by Crippen LogP contribution is -2.48. The molecule has 0 bridgehead atoms. The number of carbonyl (C=O) groups excluding carboxylic acids is 1. The predicted molar refractivity (Wildman–Crippen MR) is 108 cm³/mol. The van der Waals surface area contributed by atoms with Gasteiger partial charge in [0.15, 0.2) is 0 Å². The third kappa shape index (κ3) is 4.44. The van der Waals surface area contributed by atoms with E-state index < -0.39 is 0 Å². The van der Waals surface area contributed by atoms with Gasteiger partial charge in [0.25, 0.3) is 0 Å². The van der Waals surface area contributed by atoms with E-state index in [-0.39, 0.29) is 11.9 Å². The summed E-state index contributed by atoms with van der Waals surface area (Å²) in [5, 5.41) is 7.28. The zero-order valence-electron chi connectivity index (χ0n) is 15.4. The van der Waals surface area contributed by atoms with Crippen LogP contribution in [0.1, 0.15) is 29.7 Å². The molecule has 0 saturated carbocycles. The first-order valence-corrected chi connectivity index (χ1v) is 9.55. The summed E-state index contributed by atoms with van der Waals surface area (Å²) >= 11 is 6.16. The Bertz CT molecular complexity index is 778. The standard InChI is InChI=1S/C21H26ClN3O/c1-3-16-7-4-6-15(2)21(16)24-20(26)14-25-11-10-23-13-19(25)17-8-5-9-18(22)12-17/h4-9,12,19,23H,3,10-11,13-14H2,1-2H3,(H,24,26). The van der Waals surface area contributed by atoms with Gasteiger partial charge in [-0.15, -0.1) is 0 Å². The number of para-hydroxylation sites is 1. The topological polar surface area (TPSA) is 44.4 Å². The number of aryl methyl sites for hydroxylation is 2. The molecule has 1 aliphatic rings. The number of nitrogens with one attached hydrogen (secondary N) is 2. The molecule has 1 unspecified atom stereocenters. The van der Waals surface area contributed by atoms with E-state index in [4.69, 9.17) is 11.6 Å². The Balaban J connectivity index is 1.73. The molecule has 1 amide bonds. The number of anilines is 1. The molecule has 0 radical (unpaired) electrons. The summed E-state index contributed by atoms with van der Waals surface area (Å²) in [6.07, 6.45) is 0.899. The number of amides is 1. The predicted octanol–water partition coefficient (Wildman–Crippen LogP) is 3.80. The van der Waals surface area contributed by atoms with E-state index in [0.29, 0.717) is 6.54 Å². The zero-order valence-corrected chi connectivity index (χ0v) is 16.1. The zero-order chi connectivity index (χ0) is 18.5. The van der Waals surface area contributed by atoms with Gasteiger partial charge in [-0.1, -0.05) is 48.9 Å². The van der Waals surface area contributed by atoms with Crippen LogP contribution in [0.5, 0.6) is 0 Å². The van der Waals surface area contributed by atoms with Gasteiger partial charge >= 0.3 is 0 Å². The number of benzene rings is 2. The Morgan fingerprint density at radius 3 is 2.88 bits per heavy atom. The number of hydrogen-bond acceptors (Lipinski definition) is 3. The minimum Gasteiger partial charge on any atom is -0.324 e. The molecule has 1 heterocycles. The van der Waals surface area contributed by atoms with E-state index in [1.54, 1.807) is 0 Å². The second-order valence-electron chi connectivity index (χ2n) is 6.76. The van der Waals surface area contributed by atoms with Crippen molar-refractivity contribution >= 4 is 23.2 Å². The number of nitrogens with zero attached hydrogens (tertiary/aromatic N) is 1. The average molecular weight is 372 g/mol. The fourth-order valence-electron chi connectivity index (χ4n) is 3.54. The molecule has 138 valence electrons. The summed E-state index contributed by atoms with van der Waals surface area (Å²) in [5.74, 6) is 0.0305. The van der Waals surface area contributed by atoms with Crippen LogP contribution in [-0.4, -0.2) is 37.0 Å². The lowest BCUT2D eigenvalue weighted by Gasteiger charge is -2.36. The highest BCUT2D eigenvalue weighted by molar-refractivity contribution is 6.30. The Kier molecular flexibility index (Phi) is 6.30. The van der Waals surface area contributed by atoms with Crippen LogP contribution in [0.3, 0.4) is 0 Å². The highest BCUT2D eigenvalue weighted by Crippen LogP contribution is 2.25. The van der Waals surface area contributed by atoms with E-state index in [1.807, 2.05) is 37.3 Å². The van der Waals surface area contributed by atoms with E-state index in [1.165, 1.54) is 5.56 Å². The maximum atomic E-state index is 12.7. The Labute approximate surface area is 160 Å². The molecule has 3 rings (SSSR count). The van der Waals surface area contributed by atoms with Gasteiger partial charge in [0.1, 0.15) is 0 Å². The summed E-state index contributed by atoms with van der Waals surface area (Å²) in [4.78, 5) is 15.0. The first-order valence-electron chi connectivity index (χ1n) is 9.17. The van der Waals surface area contributed by atoms with Crippen LogP contribution in [0.25, 0.3) is 0 Å². The Morgan fingerprint density at radius 1 is 1.31 bits per heavy atom. The molecule has 5 heteroatoms. The van der Waals surface area contributed by atoms with E-state index in [0.717, 1.165) is 47.9 Å². The third-order valence-corrected chi connectivity index (χ3v) is 5.17. The molecule has 2 aromatic carbocycles. The van der Waals surface area contributed by atoms with Gasteiger partial charge in [0.2, 0.25) is 5.91 Å². The van der Waals surface area contributed by atoms with Crippen LogP contribution in [0, 0.1) is 6.92 Å². The quantitative estimate of drug-likeness (QED) is 0.840. The largest absolute Gasteiger partial charge is 0.324 e. The first kappa shape index (κ1) is 18.9. The third-order valence-electron chi connectivity index (χ3n) is 4.94. The summed E-state index contributed by atoms with van der Waals surface area (Å²) in [5.41, 5.74) is 4.37. The molecular weight excluding hydrogens is 346 g/mol. The van der Waals surface area contributed by atoms with Crippen LogP contribution >= 0.6 is 11.6 Å². The van der Waals surface area contributed by atoms with Crippen molar-refractivity contribution in [3.8, 4) is 0 Å². The molecule has 0 aromatic heterocycles. The Morgan fingerprint density at radius 2 is 2.12 bits per heavy atom. The molecular formula is C21H26ClN3O. The number of halogens is 1. The lowest BCUT2D eigenvalue weighted by molar-refractivity contribution is -0.118. The molecule has 1 aliphatic heterocycles. The van der Waals surface area contributed by atoms with E-state index in [9.17, 15) is 4.79 Å². The van der Waals surface area contributed by atoms with Gasteiger partial charge in [0, 0.05) is 36.4 Å². The highest BCUT2D eigenvalue weighted by Gasteiger charge is 2.26. The molecule has 0 aliphatic carbocycles. The molecule has 1 saturated heterocycles. The van der Waals surface area contributed by atoms with Gasteiger partial charge < -0.3 is 10.6 Å². The van der Waals surface area contributed by atoms with Gasteiger partial charge in [-0.25, -0.2) is 0 Å². The van der Waals surface area contributed by atoms with Crippen molar-refractivity contribution in [2.45, 2.75) is 26.3 Å². The summed E-state index contributed by atoms with van der Waals surface area (Å²) in [6, 6.07) is 14.2. The number of piperazine rings is 1. The maximum Gasteiger partial charge on any atom is 0.238 e. The molecule has 1 fully saturated rings. The van der Waals surface area contributed by atoms with Crippen LogP contribution in [0.4, 0.5) is 5.69 Å². The van der Waals surface area contributed by atoms with Crippen molar-refractivity contribution in [2.75, 3.05) is 31.5 Å². The summed E-state index contributed by atoms with van der Waals surface area (Å²) in [7, 11) is 0. The minimum absolute atomic E-state index is 0.0305. The highest BCUT2D eigenvalue weighted by atomic mass is 35.5. The van der Waals surface area contributed by atoms with E-state index in [2.05, 4.69) is 34.6 Å². The van der Waals surface area contributed by atoms with Crippen molar-refractivity contribution < 1.29 is 4.79 Å². The fourth-order valence-corrected chi connectivity index (χ4v) is 3.74. The number of rotatable bonds is 5. The first-order chi connectivity index (χ1) is 12.6. The van der Waals surface area contributed by atoms with Crippen LogP contribution in [0.2, 0.25) is 5.02 Å². The van der Waals surface area contributed by atoms with Crippen LogP contribution in [-0.2, 0) is 11.2 Å². The number of hydrogen-bond donors (Lipinski definition) is 2. The smallest absolute Gasteiger partial charge is 0.238 e. The van der Waals surface area contributed by atoms with Gasteiger partial charge in [-0.05, 0) is 42.2 Å². The Hall–Kier alpha value is -1.88. The summed E-state index contributed by atoms with van der Waals surface area (Å²) < 4.78 is 0. The van der Waals surface area contributed by atoms with Crippen molar-refractivity contribution in [3.63, 3.8) is 0 Å². The number of carbonyl (C=O) groups is 1. The monoisotopic (exact) mass is 371 g/mol. The minimum atomic E-state index is 0.0305. The molecule has 2 N–H and O–H groups in total. The molecule has 1 atom stereocenters. The van der Waals surface area contributed by atoms with Gasteiger partial charge in [-0.3, -0.25) is 9.69 Å². The lowest BCUT2D eigenvalue weighted by atomic mass is 10.0. The van der Waals surface area contributed by atoms with Crippen LogP contribution in [0.15, 0.2) is 42.5 Å². The van der Waals surface area contributed by atoms with E-state index >= 15 is 0 Å². The van der Waals surface area contributed by atoms with Gasteiger partial charge in [0.05, 0.1) is 6.54 Å². The molecule has 4 nitrogen and oxygen atoms in total. The normalized spacial score (nSPS) is 17.9. The molecule has 0 spiro atoms. The second-order valence-corrected chi connectivity index (χ2v) is 7.19. The molecule has 2 aromatic rings. The average Bonchev–Trinajstić information content (AvgIpc) is 2.64. The SMILES string of the molecule is CCc1cccc(C)c1NC(=O)CN1CCNCC1c1cccc(Cl)c1. The van der Waals surface area contributed by atoms with Crippen molar-refractivity contribution in [3.05, 3.63) is 64.2 Å². The second kappa shape index (κ2) is 8.67. The van der Waals surface area contributed by atoms with Crippen molar-refractivity contribution in [2.24, 2.45) is 0 Å². The van der Waals surface area contributed by atoms with Crippen molar-refractivity contribution in [1.29, 1.82) is 0 Å². The fraction of sp³-hybridized carbons (Fsp3) is 0.381. The maximum absolute atomic E-state index is 12.7.